The number of hydrogen-bond donors (Lipinski definition) is 12. The molecule has 0 saturated carbocycles. The van der Waals surface area contributed by atoms with Crippen molar-refractivity contribution in [2.45, 2.75) is 510 Å². The van der Waals surface area contributed by atoms with Crippen molar-refractivity contribution in [1.29, 1.82) is 0 Å². The molecule has 1 amide bonds. The topological polar surface area (TPSA) is 307 Å². The number of hydrogen-bond acceptors (Lipinski definition) is 18. The molecular formula is C89H169NO18. The Morgan fingerprint density at radius 2 is 0.583 bits per heavy atom. The van der Waals surface area contributed by atoms with E-state index >= 15 is 0 Å². The summed E-state index contributed by atoms with van der Waals surface area (Å²) < 4.78 is 34.5. The third-order valence-corrected chi connectivity index (χ3v) is 23.0. The van der Waals surface area contributed by atoms with E-state index in [2.05, 4.69) is 31.3 Å². The van der Waals surface area contributed by atoms with Gasteiger partial charge >= 0.3 is 0 Å². The van der Waals surface area contributed by atoms with Gasteiger partial charge in [-0.3, -0.25) is 4.79 Å². The summed E-state index contributed by atoms with van der Waals surface area (Å²) in [7, 11) is 0. The van der Waals surface area contributed by atoms with Gasteiger partial charge in [-0.25, -0.2) is 0 Å². The Morgan fingerprint density at radius 1 is 0.324 bits per heavy atom. The first kappa shape index (κ1) is 100. The molecule has 19 heteroatoms. The van der Waals surface area contributed by atoms with E-state index < -0.39 is 124 Å². The first-order chi connectivity index (χ1) is 52.8. The van der Waals surface area contributed by atoms with Gasteiger partial charge in [-0.1, -0.05) is 378 Å². The molecule has 0 spiro atoms. The lowest BCUT2D eigenvalue weighted by molar-refractivity contribution is -0.379. The molecule has 638 valence electrons. The Hall–Kier alpha value is -1.73. The molecule has 3 fully saturated rings. The van der Waals surface area contributed by atoms with Crippen LogP contribution in [0.2, 0.25) is 0 Å². The summed E-state index contributed by atoms with van der Waals surface area (Å²) in [4.78, 5) is 13.5. The summed E-state index contributed by atoms with van der Waals surface area (Å²) in [6.07, 6.45) is 60.5. The van der Waals surface area contributed by atoms with Crippen LogP contribution in [0.25, 0.3) is 0 Å². The Labute approximate surface area is 658 Å². The van der Waals surface area contributed by atoms with E-state index in [0.29, 0.717) is 6.42 Å². The molecule has 3 rings (SSSR count). The maximum atomic E-state index is 13.5. The number of amides is 1. The van der Waals surface area contributed by atoms with Gasteiger partial charge in [-0.15, -0.1) is 0 Å². The highest BCUT2D eigenvalue weighted by molar-refractivity contribution is 5.76. The van der Waals surface area contributed by atoms with Crippen LogP contribution >= 0.6 is 0 Å². The molecule has 0 aliphatic carbocycles. The smallest absolute Gasteiger partial charge is 0.220 e. The third kappa shape index (κ3) is 48.0. The molecule has 3 aliphatic rings. The molecule has 108 heavy (non-hydrogen) atoms. The quantitative estimate of drug-likeness (QED) is 0.0199. The average molecular weight is 1540 g/mol. The van der Waals surface area contributed by atoms with E-state index in [0.717, 1.165) is 44.9 Å². The summed E-state index contributed by atoms with van der Waals surface area (Å²) in [5.74, 6) is -0.266. The van der Waals surface area contributed by atoms with Gasteiger partial charge in [0.1, 0.15) is 73.2 Å². The predicted molar refractivity (Wildman–Crippen MR) is 434 cm³/mol. The zero-order chi connectivity index (χ0) is 78.1. The second kappa shape index (κ2) is 69.6. The number of unbranched alkanes of at least 4 members (excludes halogenated alkanes) is 57. The maximum absolute atomic E-state index is 13.5. The van der Waals surface area contributed by atoms with Crippen LogP contribution in [0.5, 0.6) is 0 Å². The number of allylic oxidation sites excluding steroid dienone is 3. The van der Waals surface area contributed by atoms with Gasteiger partial charge in [0.2, 0.25) is 5.91 Å². The molecule has 19 nitrogen and oxygen atoms in total. The van der Waals surface area contributed by atoms with Crippen LogP contribution in [0.1, 0.15) is 406 Å². The van der Waals surface area contributed by atoms with E-state index in [9.17, 15) is 61.0 Å². The van der Waals surface area contributed by atoms with Crippen LogP contribution in [0, 0.1) is 0 Å². The van der Waals surface area contributed by atoms with Crippen molar-refractivity contribution in [2.24, 2.45) is 0 Å². The largest absolute Gasteiger partial charge is 0.394 e. The molecule has 0 radical (unpaired) electrons. The van der Waals surface area contributed by atoms with Crippen LogP contribution in [-0.4, -0.2) is 193 Å². The van der Waals surface area contributed by atoms with E-state index in [-0.39, 0.29) is 18.9 Å². The fourth-order valence-corrected chi connectivity index (χ4v) is 15.7. The van der Waals surface area contributed by atoms with Crippen molar-refractivity contribution in [1.82, 2.24) is 5.32 Å². The average Bonchev–Trinajstić information content (AvgIpc) is 0.779. The number of carbonyl (C=O) groups excluding carboxylic acids is 1. The number of nitrogens with one attached hydrogen (secondary N) is 1. The molecule has 17 unspecified atom stereocenters. The Morgan fingerprint density at radius 3 is 0.898 bits per heavy atom. The predicted octanol–water partition coefficient (Wildman–Crippen LogP) is 17.2. The van der Waals surface area contributed by atoms with Gasteiger partial charge < -0.3 is 89.9 Å². The van der Waals surface area contributed by atoms with Gasteiger partial charge in [0.05, 0.1) is 38.6 Å². The van der Waals surface area contributed by atoms with E-state index in [1.54, 1.807) is 6.08 Å². The summed E-state index contributed by atoms with van der Waals surface area (Å²) in [6, 6.07) is -0.973. The fraction of sp³-hybridized carbons (Fsp3) is 0.944. The number of rotatable bonds is 75. The lowest BCUT2D eigenvalue weighted by atomic mass is 9.96. The van der Waals surface area contributed by atoms with Crippen LogP contribution in [0.4, 0.5) is 0 Å². The lowest BCUT2D eigenvalue weighted by Crippen LogP contribution is -2.66. The zero-order valence-corrected chi connectivity index (χ0v) is 68.9. The zero-order valence-electron chi connectivity index (χ0n) is 68.9. The molecule has 0 aromatic carbocycles. The summed E-state index contributed by atoms with van der Waals surface area (Å²) in [6.45, 7) is 1.81. The molecule has 0 aromatic heterocycles. The van der Waals surface area contributed by atoms with Crippen LogP contribution in [-0.2, 0) is 33.2 Å². The van der Waals surface area contributed by atoms with Crippen LogP contribution in [0.15, 0.2) is 24.3 Å². The fourth-order valence-electron chi connectivity index (χ4n) is 15.7. The van der Waals surface area contributed by atoms with Crippen molar-refractivity contribution in [3.8, 4) is 0 Å². The lowest BCUT2D eigenvalue weighted by Gasteiger charge is -2.48. The molecule has 0 aromatic rings. The van der Waals surface area contributed by atoms with E-state index in [1.165, 1.54) is 334 Å². The Bertz CT molecular complexity index is 2040. The standard InChI is InChI=1S/C89H169NO18/c1-3-5-7-9-11-13-15-17-19-21-23-25-27-29-31-33-35-37-38-40-42-44-46-48-50-52-54-56-58-60-62-64-66-73(94)72(90-77(95)67-65-63-61-59-57-55-53-51-49-47-45-43-41-39-36-34-32-30-28-26-24-22-20-18-16-14-12-10-8-6-4-2)71-103-87-83(101)80(98)85(75(69-92)105-87)108-89-84(102)81(99)86(76(70-93)106-89)107-88-82(100)79(97)78(96)74(68-91)104-88/h22,24,64,66,72-76,78-89,91-94,96-102H,3-21,23,25-63,65,67-71H2,1-2H3,(H,90,95)/b24-22-,66-64+. The van der Waals surface area contributed by atoms with Gasteiger partial charge in [0.25, 0.3) is 0 Å². The molecule has 3 heterocycles. The van der Waals surface area contributed by atoms with Crippen LogP contribution in [0.3, 0.4) is 0 Å². The molecule has 3 aliphatic heterocycles. The SMILES string of the molecule is CCCCCCCCCC/C=C\CCCCCCCCCCCCCCCCCCCCCC(=O)NC(COC1OC(CO)C(OC2OC(CO)C(OC3OC(CO)C(O)C(O)C3O)C(O)C2O)C(O)C1O)C(O)/C=C/CCCCCCCCCCCCCCCCCCCCCCCCCCCCCCCC. The highest BCUT2D eigenvalue weighted by Gasteiger charge is 2.54. The van der Waals surface area contributed by atoms with Crippen molar-refractivity contribution < 1.29 is 89.4 Å². The summed E-state index contributed by atoms with van der Waals surface area (Å²) in [5, 5.41) is 121. The normalized spacial score (nSPS) is 25.4. The van der Waals surface area contributed by atoms with E-state index in [1.807, 2.05) is 6.08 Å². The number of aliphatic hydroxyl groups is 11. The maximum Gasteiger partial charge on any atom is 0.220 e. The molecular weight excluding hydrogens is 1370 g/mol. The van der Waals surface area contributed by atoms with Crippen molar-refractivity contribution in [2.75, 3.05) is 26.4 Å². The first-order valence-electron chi connectivity index (χ1n) is 45.6. The van der Waals surface area contributed by atoms with Gasteiger partial charge in [0.15, 0.2) is 18.9 Å². The van der Waals surface area contributed by atoms with Gasteiger partial charge in [0, 0.05) is 6.42 Å². The minimum Gasteiger partial charge on any atom is -0.394 e. The minimum atomic E-state index is -1.98. The number of ether oxygens (including phenoxy) is 6. The Kier molecular flexibility index (Phi) is 64.7. The molecule has 12 N–H and O–H groups in total. The van der Waals surface area contributed by atoms with Gasteiger partial charge in [-0.05, 0) is 44.9 Å². The second-order valence-electron chi connectivity index (χ2n) is 32.8. The number of aliphatic hydroxyl groups excluding tert-OH is 11. The molecule has 0 bridgehead atoms. The first-order valence-corrected chi connectivity index (χ1v) is 45.6. The van der Waals surface area contributed by atoms with Crippen molar-refractivity contribution >= 4 is 5.91 Å². The second-order valence-corrected chi connectivity index (χ2v) is 32.8. The van der Waals surface area contributed by atoms with Crippen molar-refractivity contribution in [3.63, 3.8) is 0 Å². The summed E-state index contributed by atoms with van der Waals surface area (Å²) >= 11 is 0. The molecule has 17 atom stereocenters. The van der Waals surface area contributed by atoms with Crippen LogP contribution < -0.4 is 5.32 Å². The highest BCUT2D eigenvalue weighted by atomic mass is 16.8. The van der Waals surface area contributed by atoms with E-state index in [4.69, 9.17) is 28.4 Å². The number of carbonyl (C=O) groups is 1. The highest BCUT2D eigenvalue weighted by Crippen LogP contribution is 2.34. The molecule has 3 saturated heterocycles. The van der Waals surface area contributed by atoms with Gasteiger partial charge in [-0.2, -0.15) is 0 Å². The Balaban J connectivity index is 1.33. The monoisotopic (exact) mass is 1540 g/mol. The third-order valence-electron chi connectivity index (χ3n) is 23.0. The van der Waals surface area contributed by atoms with Crippen molar-refractivity contribution in [3.05, 3.63) is 24.3 Å². The minimum absolute atomic E-state index is 0.249. The summed E-state index contributed by atoms with van der Waals surface area (Å²) in [5.41, 5.74) is 0.